The van der Waals surface area contributed by atoms with Crippen molar-refractivity contribution in [1.29, 1.82) is 0 Å². The van der Waals surface area contributed by atoms with Crippen molar-refractivity contribution in [3.63, 3.8) is 0 Å². The Hall–Kier alpha value is 0.270. The summed E-state index contributed by atoms with van der Waals surface area (Å²) in [5.74, 6) is 1.93. The van der Waals surface area contributed by atoms with Crippen LogP contribution in [0.5, 0.6) is 0 Å². The first-order valence-electron chi connectivity index (χ1n) is 5.22. The zero-order valence-electron chi connectivity index (χ0n) is 8.08. The molecule has 2 nitrogen and oxygen atoms in total. The topological polar surface area (TPSA) is 23.5 Å². The summed E-state index contributed by atoms with van der Waals surface area (Å²) in [6, 6.07) is 0. The number of rotatable bonds is 3. The molecule has 1 spiro atoms. The van der Waals surface area contributed by atoms with E-state index in [9.17, 15) is 0 Å². The molecule has 1 N–H and O–H groups in total. The summed E-state index contributed by atoms with van der Waals surface area (Å²) in [6.45, 7) is 3.59. The van der Waals surface area contributed by atoms with Crippen molar-refractivity contribution in [3.8, 4) is 0 Å². The number of likely N-dealkylation sites (tertiary alicyclic amines) is 1. The van der Waals surface area contributed by atoms with Crippen molar-refractivity contribution in [1.82, 2.24) is 4.90 Å². The molecule has 1 aliphatic heterocycles. The summed E-state index contributed by atoms with van der Waals surface area (Å²) in [6.07, 6.45) is 4.09. The molecule has 1 saturated heterocycles. The van der Waals surface area contributed by atoms with E-state index in [-0.39, 0.29) is 0 Å². The lowest BCUT2D eigenvalue weighted by Crippen LogP contribution is -2.40. The second kappa shape index (κ2) is 3.79. The number of aliphatic hydroxyl groups excluding tert-OH is 1. The van der Waals surface area contributed by atoms with Gasteiger partial charge in [0.05, 0.1) is 6.61 Å². The monoisotopic (exact) mass is 201 g/mol. The van der Waals surface area contributed by atoms with Crippen LogP contribution in [-0.4, -0.2) is 42.0 Å². The Morgan fingerprint density at radius 2 is 2.23 bits per heavy atom. The van der Waals surface area contributed by atoms with Gasteiger partial charge in [0, 0.05) is 13.1 Å². The number of thiol groups is 1. The van der Waals surface area contributed by atoms with Crippen LogP contribution in [0.25, 0.3) is 0 Å². The van der Waals surface area contributed by atoms with Crippen LogP contribution in [-0.2, 0) is 0 Å². The molecule has 0 atom stereocenters. The van der Waals surface area contributed by atoms with Gasteiger partial charge < -0.3 is 10.0 Å². The van der Waals surface area contributed by atoms with E-state index in [2.05, 4.69) is 17.5 Å². The van der Waals surface area contributed by atoms with E-state index in [0.717, 1.165) is 18.2 Å². The number of nitrogens with zero attached hydrogens (tertiary/aromatic N) is 1. The number of hydrogen-bond acceptors (Lipinski definition) is 3. The van der Waals surface area contributed by atoms with E-state index in [1.54, 1.807) is 0 Å². The first kappa shape index (κ1) is 9.81. The maximum absolute atomic E-state index is 8.83. The van der Waals surface area contributed by atoms with Crippen molar-refractivity contribution in [2.24, 2.45) is 11.3 Å². The molecule has 1 heterocycles. The second-order valence-corrected chi connectivity index (χ2v) is 5.07. The first-order valence-corrected chi connectivity index (χ1v) is 5.85. The molecule has 0 amide bonds. The van der Waals surface area contributed by atoms with Crippen LogP contribution < -0.4 is 0 Å². The summed E-state index contributed by atoms with van der Waals surface area (Å²) < 4.78 is 0. The molecule has 0 radical (unpaired) electrons. The van der Waals surface area contributed by atoms with E-state index in [1.165, 1.54) is 32.4 Å². The van der Waals surface area contributed by atoms with Gasteiger partial charge in [0.15, 0.2) is 0 Å². The summed E-state index contributed by atoms with van der Waals surface area (Å²) >= 11 is 4.33. The van der Waals surface area contributed by atoms with Crippen LogP contribution in [0.3, 0.4) is 0 Å². The second-order valence-electron chi connectivity index (χ2n) is 4.71. The van der Waals surface area contributed by atoms with Gasteiger partial charge in [0.1, 0.15) is 0 Å². The number of β-amino-alcohol motifs (C(OH)–C–C–N with tert-alkyl or cyclic N) is 1. The van der Waals surface area contributed by atoms with Gasteiger partial charge in [-0.05, 0) is 42.9 Å². The molecular weight excluding hydrogens is 182 g/mol. The van der Waals surface area contributed by atoms with Crippen molar-refractivity contribution in [3.05, 3.63) is 0 Å². The highest BCUT2D eigenvalue weighted by Gasteiger charge is 2.47. The maximum atomic E-state index is 8.83. The van der Waals surface area contributed by atoms with Crippen LogP contribution in [0.15, 0.2) is 0 Å². The van der Waals surface area contributed by atoms with Gasteiger partial charge in [0.25, 0.3) is 0 Å². The van der Waals surface area contributed by atoms with E-state index >= 15 is 0 Å². The molecule has 3 heteroatoms. The van der Waals surface area contributed by atoms with Gasteiger partial charge in [-0.15, -0.1) is 0 Å². The minimum atomic E-state index is 0.312. The Bertz CT molecular complexity index is 180. The van der Waals surface area contributed by atoms with Crippen molar-refractivity contribution < 1.29 is 5.11 Å². The molecule has 0 aromatic rings. The largest absolute Gasteiger partial charge is 0.395 e. The van der Waals surface area contributed by atoms with Gasteiger partial charge in [-0.3, -0.25) is 0 Å². The molecule has 1 aliphatic carbocycles. The van der Waals surface area contributed by atoms with Crippen LogP contribution in [0.2, 0.25) is 0 Å². The van der Waals surface area contributed by atoms with Crippen molar-refractivity contribution in [2.75, 3.05) is 32.0 Å². The normalized spacial score (nSPS) is 39.7. The highest BCUT2D eigenvalue weighted by atomic mass is 32.1. The Morgan fingerprint density at radius 1 is 1.46 bits per heavy atom. The molecule has 2 fully saturated rings. The summed E-state index contributed by atoms with van der Waals surface area (Å²) in [5.41, 5.74) is 0.628. The Balaban J connectivity index is 1.79. The molecule has 0 unspecified atom stereocenters. The van der Waals surface area contributed by atoms with E-state index in [0.29, 0.717) is 12.0 Å². The zero-order chi connectivity index (χ0) is 9.31. The third kappa shape index (κ3) is 1.88. The lowest BCUT2D eigenvalue weighted by atomic mass is 9.62. The molecule has 0 bridgehead atoms. The van der Waals surface area contributed by atoms with Crippen LogP contribution in [0, 0.1) is 11.3 Å². The van der Waals surface area contributed by atoms with Gasteiger partial charge >= 0.3 is 0 Å². The summed E-state index contributed by atoms with van der Waals surface area (Å²) in [7, 11) is 0. The van der Waals surface area contributed by atoms with Gasteiger partial charge in [-0.2, -0.15) is 12.6 Å². The fourth-order valence-electron chi connectivity index (χ4n) is 2.99. The van der Waals surface area contributed by atoms with E-state index < -0.39 is 0 Å². The van der Waals surface area contributed by atoms with Crippen molar-refractivity contribution >= 4 is 12.6 Å². The smallest absolute Gasteiger partial charge is 0.0558 e. The average molecular weight is 201 g/mol. The molecule has 0 aromatic heterocycles. The molecule has 1 saturated carbocycles. The molecule has 13 heavy (non-hydrogen) atoms. The molecular formula is C10H19NOS. The van der Waals surface area contributed by atoms with Crippen LogP contribution in [0.1, 0.15) is 19.3 Å². The Labute approximate surface area is 85.7 Å². The van der Waals surface area contributed by atoms with E-state index in [4.69, 9.17) is 5.11 Å². The van der Waals surface area contributed by atoms with Crippen molar-refractivity contribution in [2.45, 2.75) is 19.3 Å². The standard InChI is InChI=1S/C10H19NOS/c12-4-3-11-2-1-10(8-11)5-9(6-10)7-13/h9,12-13H,1-8H2. The lowest BCUT2D eigenvalue weighted by Gasteiger charge is -2.45. The summed E-state index contributed by atoms with van der Waals surface area (Å²) in [5, 5.41) is 8.83. The minimum absolute atomic E-state index is 0.312. The molecule has 2 rings (SSSR count). The Morgan fingerprint density at radius 3 is 2.85 bits per heavy atom. The third-order valence-corrected chi connectivity index (χ3v) is 4.15. The predicted molar refractivity (Wildman–Crippen MR) is 57.2 cm³/mol. The fraction of sp³-hybridized carbons (Fsp3) is 1.00. The highest BCUT2D eigenvalue weighted by molar-refractivity contribution is 7.80. The zero-order valence-corrected chi connectivity index (χ0v) is 8.97. The first-order chi connectivity index (χ1) is 6.28. The predicted octanol–water partition coefficient (Wildman–Crippen LogP) is 1.01. The Kier molecular flexibility index (Phi) is 2.86. The highest BCUT2D eigenvalue weighted by Crippen LogP contribution is 2.51. The van der Waals surface area contributed by atoms with Crippen LogP contribution >= 0.6 is 12.6 Å². The molecule has 0 aromatic carbocycles. The summed E-state index contributed by atoms with van der Waals surface area (Å²) in [4.78, 5) is 2.40. The number of hydrogen-bond donors (Lipinski definition) is 2. The van der Waals surface area contributed by atoms with Gasteiger partial charge in [0.2, 0.25) is 0 Å². The van der Waals surface area contributed by atoms with Crippen LogP contribution in [0.4, 0.5) is 0 Å². The van der Waals surface area contributed by atoms with E-state index in [1.807, 2.05) is 0 Å². The van der Waals surface area contributed by atoms with Gasteiger partial charge in [-0.25, -0.2) is 0 Å². The third-order valence-electron chi connectivity index (χ3n) is 3.64. The minimum Gasteiger partial charge on any atom is -0.395 e. The number of aliphatic hydroxyl groups is 1. The molecule has 76 valence electrons. The lowest BCUT2D eigenvalue weighted by molar-refractivity contribution is 0.0749. The SMILES string of the molecule is OCCN1CCC2(CC(CS)C2)C1. The quantitative estimate of drug-likeness (QED) is 0.666. The maximum Gasteiger partial charge on any atom is 0.0558 e. The average Bonchev–Trinajstić information content (AvgIpc) is 2.46. The molecule has 2 aliphatic rings. The van der Waals surface area contributed by atoms with Gasteiger partial charge in [-0.1, -0.05) is 0 Å². The fourth-order valence-corrected chi connectivity index (χ4v) is 3.25.